The Bertz CT molecular complexity index is 1200. The van der Waals surface area contributed by atoms with Gasteiger partial charge in [0.15, 0.2) is 6.61 Å². The lowest BCUT2D eigenvalue weighted by Gasteiger charge is -2.25. The third kappa shape index (κ3) is 5.10. The second kappa shape index (κ2) is 9.94. The van der Waals surface area contributed by atoms with Gasteiger partial charge in [-0.15, -0.1) is 0 Å². The van der Waals surface area contributed by atoms with Gasteiger partial charge in [-0.2, -0.15) is 0 Å². The van der Waals surface area contributed by atoms with E-state index in [0.717, 1.165) is 16.8 Å². The number of rotatable bonds is 6. The van der Waals surface area contributed by atoms with E-state index >= 15 is 0 Å². The first-order valence-electron chi connectivity index (χ1n) is 9.94. The first-order chi connectivity index (χ1) is 16.0. The summed E-state index contributed by atoms with van der Waals surface area (Å²) in [5.41, 5.74) is 5.79. The van der Waals surface area contributed by atoms with Crippen molar-refractivity contribution in [3.05, 3.63) is 99.8 Å². The number of benzene rings is 2. The first kappa shape index (κ1) is 22.6. The molecule has 1 amide bonds. The Morgan fingerprint density at radius 3 is 2.48 bits per heavy atom. The summed E-state index contributed by atoms with van der Waals surface area (Å²) in [6, 6.07) is 18.0. The van der Waals surface area contributed by atoms with E-state index in [1.807, 2.05) is 60.7 Å². The first-order valence-corrected chi connectivity index (χ1v) is 10.7. The summed E-state index contributed by atoms with van der Waals surface area (Å²) in [5, 5.41) is 1.63. The number of esters is 1. The van der Waals surface area contributed by atoms with Crippen molar-refractivity contribution in [3.63, 3.8) is 0 Å². The number of nitrogens with one attached hydrogen (secondary N) is 1. The van der Waals surface area contributed by atoms with Gasteiger partial charge in [0, 0.05) is 6.20 Å². The standard InChI is InChI=1S/C24H19Cl2N3O4/c1-32-18-9-7-16(8-10-18)21-12-20(15-5-3-2-4-6-15)28-29(21)22(30)14-33-24(31)17-11-19(25)23(26)27-13-17/h2-13,21,28H,14H2,1H3. The summed E-state index contributed by atoms with van der Waals surface area (Å²) in [4.78, 5) is 29.2. The van der Waals surface area contributed by atoms with Crippen molar-refractivity contribution in [2.45, 2.75) is 6.04 Å². The molecule has 0 saturated carbocycles. The molecule has 0 fully saturated rings. The summed E-state index contributed by atoms with van der Waals surface area (Å²) in [5.74, 6) is -0.454. The zero-order valence-electron chi connectivity index (χ0n) is 17.5. The summed E-state index contributed by atoms with van der Waals surface area (Å²) in [7, 11) is 1.59. The number of hydrazine groups is 1. The van der Waals surface area contributed by atoms with E-state index in [4.69, 9.17) is 32.7 Å². The van der Waals surface area contributed by atoms with Crippen LogP contribution in [0.1, 0.15) is 27.5 Å². The fourth-order valence-corrected chi connectivity index (χ4v) is 3.59. The highest BCUT2D eigenvalue weighted by Gasteiger charge is 2.31. The van der Waals surface area contributed by atoms with Crippen LogP contribution in [0.2, 0.25) is 10.2 Å². The Balaban J connectivity index is 1.52. The number of aromatic nitrogens is 1. The smallest absolute Gasteiger partial charge is 0.340 e. The Kier molecular flexibility index (Phi) is 6.82. The van der Waals surface area contributed by atoms with Crippen LogP contribution in [0.3, 0.4) is 0 Å². The third-order valence-corrected chi connectivity index (χ3v) is 5.70. The van der Waals surface area contributed by atoms with E-state index in [1.165, 1.54) is 17.3 Å². The minimum atomic E-state index is -0.731. The number of amides is 1. The molecule has 33 heavy (non-hydrogen) atoms. The topological polar surface area (TPSA) is 80.8 Å². The van der Waals surface area contributed by atoms with Gasteiger partial charge in [0.1, 0.15) is 10.9 Å². The average molecular weight is 484 g/mol. The lowest BCUT2D eigenvalue weighted by atomic mass is 10.0. The van der Waals surface area contributed by atoms with Crippen LogP contribution in [-0.2, 0) is 9.53 Å². The van der Waals surface area contributed by atoms with Gasteiger partial charge in [-0.1, -0.05) is 65.7 Å². The molecule has 7 nitrogen and oxygen atoms in total. The molecule has 1 aliphatic rings. The van der Waals surface area contributed by atoms with Crippen LogP contribution in [0.5, 0.6) is 5.75 Å². The van der Waals surface area contributed by atoms with E-state index in [0.29, 0.717) is 5.75 Å². The molecule has 1 N–H and O–H groups in total. The van der Waals surface area contributed by atoms with Gasteiger partial charge >= 0.3 is 5.97 Å². The molecule has 9 heteroatoms. The van der Waals surface area contributed by atoms with Crippen LogP contribution >= 0.6 is 23.2 Å². The molecule has 1 atom stereocenters. The predicted octanol–water partition coefficient (Wildman–Crippen LogP) is 4.68. The molecule has 2 heterocycles. The van der Waals surface area contributed by atoms with Crippen molar-refractivity contribution in [1.29, 1.82) is 0 Å². The van der Waals surface area contributed by atoms with Crippen LogP contribution in [0.15, 0.2) is 72.9 Å². The second-order valence-electron chi connectivity index (χ2n) is 7.11. The summed E-state index contributed by atoms with van der Waals surface area (Å²) < 4.78 is 10.4. The molecule has 3 aromatic rings. The normalized spacial score (nSPS) is 14.9. The molecule has 0 spiro atoms. The summed E-state index contributed by atoms with van der Waals surface area (Å²) in [6.07, 6.45) is 3.18. The maximum absolute atomic E-state index is 13.1. The molecule has 1 aromatic heterocycles. The van der Waals surface area contributed by atoms with Crippen LogP contribution in [0.25, 0.3) is 5.70 Å². The minimum Gasteiger partial charge on any atom is -0.497 e. The number of pyridine rings is 1. The molecular weight excluding hydrogens is 465 g/mol. The third-order valence-electron chi connectivity index (χ3n) is 5.01. The van der Waals surface area contributed by atoms with Crippen LogP contribution in [-0.4, -0.2) is 35.6 Å². The SMILES string of the molecule is COc1ccc(C2C=C(c3ccccc3)NN2C(=O)COC(=O)c2cnc(Cl)c(Cl)c2)cc1. The van der Waals surface area contributed by atoms with Crippen molar-refractivity contribution in [2.75, 3.05) is 13.7 Å². The molecule has 0 radical (unpaired) electrons. The van der Waals surface area contributed by atoms with Crippen molar-refractivity contribution in [2.24, 2.45) is 0 Å². The van der Waals surface area contributed by atoms with Gasteiger partial charge in [0.05, 0.1) is 29.4 Å². The van der Waals surface area contributed by atoms with Crippen LogP contribution < -0.4 is 10.2 Å². The molecule has 1 aliphatic heterocycles. The van der Waals surface area contributed by atoms with E-state index in [-0.39, 0.29) is 15.7 Å². The Labute approximate surface area is 200 Å². The molecule has 2 aromatic carbocycles. The van der Waals surface area contributed by atoms with Gasteiger partial charge < -0.3 is 9.47 Å². The zero-order chi connectivity index (χ0) is 23.4. The van der Waals surface area contributed by atoms with Crippen LogP contribution in [0.4, 0.5) is 0 Å². The van der Waals surface area contributed by atoms with Crippen molar-refractivity contribution in [3.8, 4) is 5.75 Å². The average Bonchev–Trinajstić information content (AvgIpc) is 3.30. The summed E-state index contributed by atoms with van der Waals surface area (Å²) >= 11 is 11.7. The maximum atomic E-state index is 13.1. The Morgan fingerprint density at radius 1 is 1.09 bits per heavy atom. The quantitative estimate of drug-likeness (QED) is 0.404. The van der Waals surface area contributed by atoms with Gasteiger partial charge in [-0.3, -0.25) is 10.2 Å². The molecule has 4 rings (SSSR count). The Hall–Kier alpha value is -3.55. The van der Waals surface area contributed by atoms with Gasteiger partial charge in [-0.05, 0) is 35.4 Å². The number of ether oxygens (including phenoxy) is 2. The van der Waals surface area contributed by atoms with Crippen LogP contribution in [0, 0.1) is 0 Å². The highest BCUT2D eigenvalue weighted by molar-refractivity contribution is 6.41. The molecule has 1 unspecified atom stereocenters. The minimum absolute atomic E-state index is 0.0763. The fourth-order valence-electron chi connectivity index (χ4n) is 3.32. The van der Waals surface area contributed by atoms with Crippen molar-refractivity contribution in [1.82, 2.24) is 15.4 Å². The van der Waals surface area contributed by atoms with E-state index in [2.05, 4.69) is 10.4 Å². The molecule has 0 bridgehead atoms. The summed E-state index contributed by atoms with van der Waals surface area (Å²) in [6.45, 7) is -0.478. The monoisotopic (exact) mass is 483 g/mol. The van der Waals surface area contributed by atoms with E-state index in [9.17, 15) is 9.59 Å². The molecule has 0 saturated heterocycles. The predicted molar refractivity (Wildman–Crippen MR) is 125 cm³/mol. The second-order valence-corrected chi connectivity index (χ2v) is 7.88. The number of hydrogen-bond acceptors (Lipinski definition) is 6. The number of carbonyl (C=O) groups excluding carboxylic acids is 2. The zero-order valence-corrected chi connectivity index (χ0v) is 19.0. The fraction of sp³-hybridized carbons (Fsp3) is 0.125. The number of carbonyl (C=O) groups is 2. The number of hydrogen-bond donors (Lipinski definition) is 1. The van der Waals surface area contributed by atoms with Gasteiger partial charge in [0.25, 0.3) is 5.91 Å². The van der Waals surface area contributed by atoms with Crippen molar-refractivity contribution < 1.29 is 19.1 Å². The largest absolute Gasteiger partial charge is 0.497 e. The number of halogens is 2. The molecule has 0 aliphatic carbocycles. The lowest BCUT2D eigenvalue weighted by molar-refractivity contribution is -0.137. The molecule has 168 valence electrons. The van der Waals surface area contributed by atoms with E-state index in [1.54, 1.807) is 7.11 Å². The van der Waals surface area contributed by atoms with Crippen molar-refractivity contribution >= 4 is 40.8 Å². The lowest BCUT2D eigenvalue weighted by Crippen LogP contribution is -2.42. The number of methoxy groups -OCH3 is 1. The maximum Gasteiger partial charge on any atom is 0.340 e. The molecular formula is C24H19Cl2N3O4. The highest BCUT2D eigenvalue weighted by Crippen LogP contribution is 2.32. The van der Waals surface area contributed by atoms with Gasteiger partial charge in [-0.25, -0.2) is 14.8 Å². The van der Waals surface area contributed by atoms with Gasteiger partial charge in [0.2, 0.25) is 0 Å². The highest BCUT2D eigenvalue weighted by atomic mass is 35.5. The van der Waals surface area contributed by atoms with E-state index < -0.39 is 24.5 Å². The number of nitrogens with zero attached hydrogens (tertiary/aromatic N) is 2. The Morgan fingerprint density at radius 2 is 1.82 bits per heavy atom.